The Hall–Kier alpha value is -3.78. The van der Waals surface area contributed by atoms with E-state index in [0.717, 1.165) is 16.3 Å². The van der Waals surface area contributed by atoms with Crippen molar-refractivity contribution in [2.75, 3.05) is 7.11 Å². The number of methoxy groups -OCH3 is 1. The predicted molar refractivity (Wildman–Crippen MR) is 102 cm³/mol. The van der Waals surface area contributed by atoms with Crippen LogP contribution in [0.5, 0.6) is 11.5 Å². The number of rotatable bonds is 6. The van der Waals surface area contributed by atoms with Crippen LogP contribution in [0.15, 0.2) is 66.2 Å². The summed E-state index contributed by atoms with van der Waals surface area (Å²) in [5, 5.41) is 20.1. The lowest BCUT2D eigenvalue weighted by molar-refractivity contribution is -0.132. The minimum Gasteiger partial charge on any atom is -0.493 e. The lowest BCUT2D eigenvalue weighted by Gasteiger charge is -2.13. The molecule has 0 bridgehead atoms. The minimum atomic E-state index is -1.27. The largest absolute Gasteiger partial charge is 0.493 e. The molecule has 5 nitrogen and oxygen atoms in total. The highest BCUT2D eigenvalue weighted by atomic mass is 16.5. The average molecular weight is 359 g/mol. The van der Waals surface area contributed by atoms with Crippen LogP contribution in [-0.2, 0) is 11.4 Å². The Labute approximate surface area is 156 Å². The van der Waals surface area contributed by atoms with Crippen LogP contribution in [0, 0.1) is 11.3 Å². The van der Waals surface area contributed by atoms with E-state index in [-0.39, 0.29) is 5.57 Å². The summed E-state index contributed by atoms with van der Waals surface area (Å²) in [6.07, 6.45) is 1.29. The van der Waals surface area contributed by atoms with Crippen molar-refractivity contribution < 1.29 is 19.4 Å². The zero-order chi connectivity index (χ0) is 19.2. The van der Waals surface area contributed by atoms with Gasteiger partial charge in [-0.2, -0.15) is 5.26 Å². The molecule has 0 spiro atoms. The molecule has 3 aromatic carbocycles. The van der Waals surface area contributed by atoms with Gasteiger partial charge in [0.15, 0.2) is 11.5 Å². The van der Waals surface area contributed by atoms with Crippen LogP contribution >= 0.6 is 0 Å². The number of carboxylic acid groups (broad SMARTS) is 1. The molecule has 0 radical (unpaired) electrons. The number of aliphatic carboxylic acids is 1. The summed E-state index contributed by atoms with van der Waals surface area (Å²) < 4.78 is 11.3. The molecule has 27 heavy (non-hydrogen) atoms. The van der Waals surface area contributed by atoms with Crippen molar-refractivity contribution >= 4 is 22.8 Å². The third-order valence-corrected chi connectivity index (χ3v) is 4.11. The highest BCUT2D eigenvalue weighted by molar-refractivity contribution is 5.96. The molecule has 134 valence electrons. The van der Waals surface area contributed by atoms with Gasteiger partial charge in [0.2, 0.25) is 0 Å². The number of ether oxygens (including phenoxy) is 2. The van der Waals surface area contributed by atoms with Gasteiger partial charge >= 0.3 is 5.97 Å². The van der Waals surface area contributed by atoms with E-state index in [2.05, 4.69) is 18.2 Å². The molecule has 0 amide bonds. The summed E-state index contributed by atoms with van der Waals surface area (Å²) in [6, 6.07) is 20.8. The number of carboxylic acids is 1. The van der Waals surface area contributed by atoms with Crippen molar-refractivity contribution in [2.45, 2.75) is 6.61 Å². The average Bonchev–Trinajstić information content (AvgIpc) is 2.70. The van der Waals surface area contributed by atoms with Gasteiger partial charge in [-0.3, -0.25) is 0 Å². The Balaban J connectivity index is 1.85. The Kier molecular flexibility index (Phi) is 5.38. The van der Waals surface area contributed by atoms with Crippen molar-refractivity contribution in [3.8, 4) is 17.6 Å². The van der Waals surface area contributed by atoms with Crippen molar-refractivity contribution in [2.24, 2.45) is 0 Å². The third-order valence-electron chi connectivity index (χ3n) is 4.11. The van der Waals surface area contributed by atoms with Gasteiger partial charge in [-0.25, -0.2) is 4.79 Å². The number of fused-ring (bicyclic) bond motifs is 1. The van der Waals surface area contributed by atoms with E-state index in [1.807, 2.05) is 24.3 Å². The molecule has 0 aliphatic rings. The molecular formula is C22H17NO4. The maximum Gasteiger partial charge on any atom is 0.346 e. The number of carbonyl (C=O) groups is 1. The zero-order valence-electron chi connectivity index (χ0n) is 14.7. The normalized spacial score (nSPS) is 11.0. The molecule has 0 unspecified atom stereocenters. The number of benzene rings is 3. The lowest BCUT2D eigenvalue weighted by atomic mass is 10.1. The Morgan fingerprint density at radius 2 is 1.89 bits per heavy atom. The van der Waals surface area contributed by atoms with Gasteiger partial charge in [0.25, 0.3) is 0 Å². The van der Waals surface area contributed by atoms with Gasteiger partial charge in [0.1, 0.15) is 18.2 Å². The second-order valence-corrected chi connectivity index (χ2v) is 5.81. The molecule has 0 aliphatic carbocycles. The summed E-state index contributed by atoms with van der Waals surface area (Å²) in [6.45, 7) is 0.367. The zero-order valence-corrected chi connectivity index (χ0v) is 14.7. The summed E-state index contributed by atoms with van der Waals surface area (Å²) in [4.78, 5) is 11.0. The van der Waals surface area contributed by atoms with Crippen molar-refractivity contribution in [1.29, 1.82) is 5.26 Å². The van der Waals surface area contributed by atoms with E-state index in [4.69, 9.17) is 19.8 Å². The highest BCUT2D eigenvalue weighted by Gasteiger charge is 2.10. The second-order valence-electron chi connectivity index (χ2n) is 5.81. The van der Waals surface area contributed by atoms with Crippen molar-refractivity contribution in [3.63, 3.8) is 0 Å². The van der Waals surface area contributed by atoms with E-state index < -0.39 is 5.97 Å². The van der Waals surface area contributed by atoms with Gasteiger partial charge < -0.3 is 14.6 Å². The smallest absolute Gasteiger partial charge is 0.346 e. The van der Waals surface area contributed by atoms with Crippen LogP contribution in [0.1, 0.15) is 11.1 Å². The highest BCUT2D eigenvalue weighted by Crippen LogP contribution is 2.30. The minimum absolute atomic E-state index is 0.346. The fourth-order valence-electron chi connectivity index (χ4n) is 2.78. The fourth-order valence-corrected chi connectivity index (χ4v) is 2.78. The lowest BCUT2D eigenvalue weighted by Crippen LogP contribution is -1.99. The molecule has 5 heteroatoms. The molecule has 0 heterocycles. The molecule has 3 aromatic rings. The van der Waals surface area contributed by atoms with Gasteiger partial charge in [-0.1, -0.05) is 48.5 Å². The monoisotopic (exact) mass is 359 g/mol. The van der Waals surface area contributed by atoms with Crippen LogP contribution in [0.4, 0.5) is 0 Å². The quantitative estimate of drug-likeness (QED) is 0.521. The first-order valence-corrected chi connectivity index (χ1v) is 8.25. The van der Waals surface area contributed by atoms with E-state index in [9.17, 15) is 4.79 Å². The summed E-state index contributed by atoms with van der Waals surface area (Å²) in [7, 11) is 1.51. The molecule has 0 atom stereocenters. The molecule has 1 N–H and O–H groups in total. The van der Waals surface area contributed by atoms with E-state index in [1.165, 1.54) is 13.2 Å². The molecule has 0 fully saturated rings. The SMILES string of the molecule is COc1cc(C=C(C#N)C(=O)O)ccc1OCc1cccc2ccccc12. The molecule has 0 saturated carbocycles. The molecule has 0 aromatic heterocycles. The molecule has 0 aliphatic heterocycles. The standard InChI is InChI=1S/C22H17NO4/c1-26-21-12-15(11-18(13-23)22(24)25)9-10-20(21)27-14-17-7-4-6-16-5-2-3-8-19(16)17/h2-12H,14H2,1H3,(H,24,25). The number of nitriles is 1. The third kappa shape index (κ3) is 4.07. The van der Waals surface area contributed by atoms with Gasteiger partial charge in [0, 0.05) is 0 Å². The van der Waals surface area contributed by atoms with Gasteiger partial charge in [0.05, 0.1) is 7.11 Å². The van der Waals surface area contributed by atoms with Crippen molar-refractivity contribution in [1.82, 2.24) is 0 Å². The summed E-state index contributed by atoms with van der Waals surface area (Å²) in [5.41, 5.74) is 1.25. The number of hydrogen-bond acceptors (Lipinski definition) is 4. The van der Waals surface area contributed by atoms with Gasteiger partial charge in [-0.15, -0.1) is 0 Å². The first-order valence-electron chi connectivity index (χ1n) is 8.25. The van der Waals surface area contributed by atoms with Crippen LogP contribution < -0.4 is 9.47 Å². The van der Waals surface area contributed by atoms with E-state index in [0.29, 0.717) is 23.7 Å². The van der Waals surface area contributed by atoms with Crippen molar-refractivity contribution in [3.05, 3.63) is 77.4 Å². The fraction of sp³-hybridized carbons (Fsp3) is 0.0909. The first kappa shape index (κ1) is 18.0. The second kappa shape index (κ2) is 8.07. The van der Waals surface area contributed by atoms with Crippen LogP contribution in [-0.4, -0.2) is 18.2 Å². The predicted octanol–water partition coefficient (Wildman–Crippen LogP) is 4.42. The maximum absolute atomic E-state index is 11.0. The number of hydrogen-bond donors (Lipinski definition) is 1. The molecule has 0 saturated heterocycles. The Morgan fingerprint density at radius 3 is 2.63 bits per heavy atom. The van der Waals surface area contributed by atoms with Gasteiger partial charge in [-0.05, 0) is 40.1 Å². The molecular weight excluding hydrogens is 342 g/mol. The Bertz CT molecular complexity index is 1060. The van der Waals surface area contributed by atoms with E-state index >= 15 is 0 Å². The Morgan fingerprint density at radius 1 is 1.11 bits per heavy atom. The van der Waals surface area contributed by atoms with E-state index in [1.54, 1.807) is 24.3 Å². The summed E-state index contributed by atoms with van der Waals surface area (Å²) >= 11 is 0. The first-order chi connectivity index (χ1) is 13.1. The van der Waals surface area contributed by atoms with Crippen LogP contribution in [0.25, 0.3) is 16.8 Å². The topological polar surface area (TPSA) is 79.5 Å². The van der Waals surface area contributed by atoms with Crippen LogP contribution in [0.2, 0.25) is 0 Å². The maximum atomic E-state index is 11.0. The van der Waals surface area contributed by atoms with Crippen LogP contribution in [0.3, 0.4) is 0 Å². The summed E-state index contributed by atoms with van der Waals surface area (Å²) in [5.74, 6) is -0.268. The number of nitrogens with zero attached hydrogens (tertiary/aromatic N) is 1. The molecule has 3 rings (SSSR count).